The molecule has 0 saturated heterocycles. The van der Waals surface area contributed by atoms with Crippen LogP contribution in [0.15, 0.2) is 39.0 Å². The molecule has 1 amide bonds. The molecule has 1 atom stereocenters. The Morgan fingerprint density at radius 1 is 1.38 bits per heavy atom. The van der Waals surface area contributed by atoms with Crippen molar-refractivity contribution in [2.75, 3.05) is 5.32 Å². The number of sulfonamides is 1. The second-order valence-electron chi connectivity index (χ2n) is 4.02. The van der Waals surface area contributed by atoms with Crippen LogP contribution in [0.1, 0.15) is 6.92 Å². The number of nitrogens with two attached hydrogens (primary N) is 1. The fourth-order valence-electron chi connectivity index (χ4n) is 1.39. The first-order valence-corrected chi connectivity index (χ1v) is 9.03. The van der Waals surface area contributed by atoms with Crippen molar-refractivity contribution in [1.82, 2.24) is 10.2 Å². The number of hydrogen-bond acceptors (Lipinski definition) is 7. The fourth-order valence-corrected chi connectivity index (χ4v) is 3.53. The predicted molar refractivity (Wildman–Crippen MR) is 81.7 cm³/mol. The second-order valence-corrected chi connectivity index (χ2v) is 8.01. The number of benzene rings is 1. The molecule has 0 saturated carbocycles. The average Bonchev–Trinajstić information content (AvgIpc) is 2.91. The van der Waals surface area contributed by atoms with E-state index in [2.05, 4.69) is 15.5 Å². The van der Waals surface area contributed by atoms with E-state index in [0.717, 1.165) is 0 Å². The van der Waals surface area contributed by atoms with Crippen LogP contribution in [0.4, 0.5) is 5.69 Å². The minimum atomic E-state index is -3.73. The maximum atomic E-state index is 12.0. The van der Waals surface area contributed by atoms with Crippen LogP contribution in [0.3, 0.4) is 0 Å². The summed E-state index contributed by atoms with van der Waals surface area (Å²) < 4.78 is 23.0. The third-order valence-electron chi connectivity index (χ3n) is 2.44. The second kappa shape index (κ2) is 6.52. The van der Waals surface area contributed by atoms with Gasteiger partial charge in [-0.2, -0.15) is 0 Å². The van der Waals surface area contributed by atoms with Crippen molar-refractivity contribution >= 4 is 44.7 Å². The Kier molecular flexibility index (Phi) is 4.93. The predicted octanol–water partition coefficient (Wildman–Crippen LogP) is 1.30. The Morgan fingerprint density at radius 3 is 2.57 bits per heavy atom. The molecule has 0 radical (unpaired) electrons. The lowest BCUT2D eigenvalue weighted by Gasteiger charge is -2.10. The fraction of sp³-hybridized carbons (Fsp3) is 0.182. The molecule has 0 fully saturated rings. The van der Waals surface area contributed by atoms with Gasteiger partial charge in [0.25, 0.3) is 0 Å². The molecular weight excluding hydrogens is 332 g/mol. The van der Waals surface area contributed by atoms with Gasteiger partial charge in [0, 0.05) is 5.69 Å². The van der Waals surface area contributed by atoms with E-state index >= 15 is 0 Å². The Morgan fingerprint density at radius 2 is 2.05 bits per heavy atom. The molecule has 0 spiro atoms. The number of nitrogens with one attached hydrogen (secondary N) is 1. The monoisotopic (exact) mass is 344 g/mol. The summed E-state index contributed by atoms with van der Waals surface area (Å²) in [4.78, 5) is 12.0. The molecule has 0 aliphatic carbocycles. The first kappa shape index (κ1) is 15.9. The highest BCUT2D eigenvalue weighted by molar-refractivity contribution is 8.02. The summed E-state index contributed by atoms with van der Waals surface area (Å²) in [5.74, 6) is -0.210. The molecule has 7 nitrogen and oxygen atoms in total. The maximum Gasteiger partial charge on any atom is 0.238 e. The van der Waals surface area contributed by atoms with Crippen LogP contribution < -0.4 is 10.5 Å². The van der Waals surface area contributed by atoms with E-state index in [1.807, 2.05) is 0 Å². The number of thioether (sulfide) groups is 1. The minimum Gasteiger partial charge on any atom is -0.325 e. The number of carbonyl (C=O) groups is 1. The lowest BCUT2D eigenvalue weighted by molar-refractivity contribution is -0.115. The van der Waals surface area contributed by atoms with E-state index in [9.17, 15) is 13.2 Å². The quantitative estimate of drug-likeness (QED) is 0.790. The summed E-state index contributed by atoms with van der Waals surface area (Å²) in [6.07, 6.45) is 0. The molecule has 0 aliphatic rings. The van der Waals surface area contributed by atoms with Crippen molar-refractivity contribution in [3.8, 4) is 0 Å². The highest BCUT2D eigenvalue weighted by Crippen LogP contribution is 2.25. The summed E-state index contributed by atoms with van der Waals surface area (Å²) in [6, 6.07) is 5.65. The van der Waals surface area contributed by atoms with E-state index < -0.39 is 10.0 Å². The summed E-state index contributed by atoms with van der Waals surface area (Å²) in [6.45, 7) is 1.75. The van der Waals surface area contributed by atoms with Gasteiger partial charge in [-0.15, -0.1) is 10.2 Å². The SMILES string of the molecule is C[C@@H](Sc1nncs1)C(=O)Nc1ccc(S(N)(=O)=O)cc1. The van der Waals surface area contributed by atoms with Gasteiger partial charge in [0.15, 0.2) is 4.34 Å². The van der Waals surface area contributed by atoms with Crippen molar-refractivity contribution in [2.45, 2.75) is 21.4 Å². The average molecular weight is 344 g/mol. The van der Waals surface area contributed by atoms with Gasteiger partial charge in [-0.05, 0) is 31.2 Å². The minimum absolute atomic E-state index is 0.00298. The van der Waals surface area contributed by atoms with E-state index in [-0.39, 0.29) is 16.1 Å². The molecule has 10 heteroatoms. The number of amides is 1. The molecule has 3 N–H and O–H groups in total. The highest BCUT2D eigenvalue weighted by Gasteiger charge is 2.16. The standard InChI is InChI=1S/C11H12N4O3S3/c1-7(20-11-15-13-6-19-11)10(16)14-8-2-4-9(5-3-8)21(12,17)18/h2-7H,1H3,(H,14,16)(H2,12,17,18)/t7-/m1/s1. The number of hydrogen-bond donors (Lipinski definition) is 2. The molecule has 112 valence electrons. The van der Waals surface area contributed by atoms with Crippen molar-refractivity contribution in [3.63, 3.8) is 0 Å². The van der Waals surface area contributed by atoms with Gasteiger partial charge in [0.05, 0.1) is 10.1 Å². The summed E-state index contributed by atoms with van der Waals surface area (Å²) in [5, 5.41) is 14.9. The Labute approximate surface area is 130 Å². The van der Waals surface area contributed by atoms with Crippen LogP contribution in [0.25, 0.3) is 0 Å². The van der Waals surface area contributed by atoms with E-state index in [0.29, 0.717) is 10.0 Å². The molecule has 1 aromatic carbocycles. The molecule has 0 unspecified atom stereocenters. The largest absolute Gasteiger partial charge is 0.325 e. The van der Waals surface area contributed by atoms with Gasteiger partial charge in [0.2, 0.25) is 15.9 Å². The molecule has 2 aromatic rings. The topological polar surface area (TPSA) is 115 Å². The van der Waals surface area contributed by atoms with Gasteiger partial charge in [-0.25, -0.2) is 13.6 Å². The molecular formula is C11H12N4O3S3. The number of rotatable bonds is 5. The molecule has 0 aliphatic heterocycles. The first-order valence-electron chi connectivity index (χ1n) is 5.73. The Balaban J connectivity index is 1.99. The van der Waals surface area contributed by atoms with Gasteiger partial charge in [0.1, 0.15) is 5.51 Å². The smallest absolute Gasteiger partial charge is 0.238 e. The number of carbonyl (C=O) groups excluding carboxylic acids is 1. The zero-order chi connectivity index (χ0) is 15.5. The summed E-state index contributed by atoms with van der Waals surface area (Å²) >= 11 is 2.66. The van der Waals surface area contributed by atoms with Gasteiger partial charge in [-0.3, -0.25) is 4.79 Å². The van der Waals surface area contributed by atoms with Crippen molar-refractivity contribution in [3.05, 3.63) is 29.8 Å². The van der Waals surface area contributed by atoms with Crippen LogP contribution in [0, 0.1) is 0 Å². The molecule has 0 bridgehead atoms. The number of anilines is 1. The lowest BCUT2D eigenvalue weighted by atomic mass is 10.3. The zero-order valence-corrected chi connectivity index (χ0v) is 13.3. The maximum absolute atomic E-state index is 12.0. The van der Waals surface area contributed by atoms with Gasteiger partial charge in [-0.1, -0.05) is 23.1 Å². The number of nitrogens with zero attached hydrogens (tertiary/aromatic N) is 2. The van der Waals surface area contributed by atoms with Crippen LogP contribution in [-0.2, 0) is 14.8 Å². The third kappa shape index (κ3) is 4.49. The molecule has 1 aromatic heterocycles. The summed E-state index contributed by atoms with van der Waals surface area (Å²) in [7, 11) is -3.73. The highest BCUT2D eigenvalue weighted by atomic mass is 32.2. The van der Waals surface area contributed by atoms with Crippen molar-refractivity contribution in [2.24, 2.45) is 5.14 Å². The van der Waals surface area contributed by atoms with Crippen LogP contribution >= 0.6 is 23.1 Å². The van der Waals surface area contributed by atoms with E-state index in [4.69, 9.17) is 5.14 Å². The number of aromatic nitrogens is 2. The third-order valence-corrected chi connectivity index (χ3v) is 5.28. The van der Waals surface area contributed by atoms with Gasteiger partial charge < -0.3 is 5.32 Å². The first-order chi connectivity index (χ1) is 9.86. The van der Waals surface area contributed by atoms with Crippen molar-refractivity contribution in [1.29, 1.82) is 0 Å². The van der Waals surface area contributed by atoms with Crippen LogP contribution in [0.2, 0.25) is 0 Å². The lowest BCUT2D eigenvalue weighted by Crippen LogP contribution is -2.22. The van der Waals surface area contributed by atoms with Crippen LogP contribution in [0.5, 0.6) is 0 Å². The van der Waals surface area contributed by atoms with Gasteiger partial charge >= 0.3 is 0 Å². The van der Waals surface area contributed by atoms with E-state index in [1.54, 1.807) is 12.4 Å². The molecule has 2 rings (SSSR count). The Hall–Kier alpha value is -1.49. The Bertz CT molecular complexity index is 714. The zero-order valence-electron chi connectivity index (χ0n) is 10.9. The van der Waals surface area contributed by atoms with E-state index in [1.165, 1.54) is 47.4 Å². The summed E-state index contributed by atoms with van der Waals surface area (Å²) in [5.41, 5.74) is 2.09. The van der Waals surface area contributed by atoms with Crippen LogP contribution in [-0.4, -0.2) is 29.8 Å². The molecule has 1 heterocycles. The normalized spacial score (nSPS) is 12.9. The number of primary sulfonamides is 1. The van der Waals surface area contributed by atoms with Crippen molar-refractivity contribution < 1.29 is 13.2 Å². The molecule has 21 heavy (non-hydrogen) atoms.